The van der Waals surface area contributed by atoms with E-state index in [1.54, 1.807) is 0 Å². The minimum Gasteiger partial charge on any atom is -0.298 e. The van der Waals surface area contributed by atoms with Crippen molar-refractivity contribution in [1.82, 2.24) is 9.80 Å². The van der Waals surface area contributed by atoms with Gasteiger partial charge >= 0.3 is 0 Å². The molecule has 2 rings (SSSR count). The van der Waals surface area contributed by atoms with E-state index < -0.39 is 0 Å². The molecule has 0 aromatic carbocycles. The Bertz CT molecular complexity index is 240. The summed E-state index contributed by atoms with van der Waals surface area (Å²) in [6, 6.07) is 0.849. The maximum Gasteiger partial charge on any atom is 0.0350 e. The molecule has 2 fully saturated rings. The Labute approximate surface area is 107 Å². The van der Waals surface area contributed by atoms with Crippen LogP contribution in [0.1, 0.15) is 47.5 Å². The second-order valence-corrected chi connectivity index (χ2v) is 7.35. The van der Waals surface area contributed by atoms with E-state index in [4.69, 9.17) is 0 Å². The van der Waals surface area contributed by atoms with Crippen molar-refractivity contribution >= 4 is 0 Å². The van der Waals surface area contributed by atoms with Gasteiger partial charge < -0.3 is 0 Å². The summed E-state index contributed by atoms with van der Waals surface area (Å²) in [5, 5.41) is 0. The van der Waals surface area contributed by atoms with E-state index in [1.807, 2.05) is 0 Å². The van der Waals surface area contributed by atoms with Gasteiger partial charge in [0.1, 0.15) is 0 Å². The van der Waals surface area contributed by atoms with Crippen molar-refractivity contribution in [3.05, 3.63) is 0 Å². The molecule has 17 heavy (non-hydrogen) atoms. The minimum atomic E-state index is 0.368. The largest absolute Gasteiger partial charge is 0.298 e. The standard InChI is InChI=1S/C15H30N2/c1-12(2)13-6-8-16(9-7-13)14-10-17(11-14)15(3,4)5/h12-14H,6-11H2,1-5H3. The lowest BCUT2D eigenvalue weighted by atomic mass is 9.85. The van der Waals surface area contributed by atoms with E-state index in [9.17, 15) is 0 Å². The lowest BCUT2D eigenvalue weighted by Crippen LogP contribution is -2.65. The third kappa shape index (κ3) is 3.03. The normalized spacial score (nSPS) is 26.5. The second kappa shape index (κ2) is 4.89. The summed E-state index contributed by atoms with van der Waals surface area (Å²) in [6.07, 6.45) is 2.84. The molecule has 2 aliphatic rings. The van der Waals surface area contributed by atoms with Crippen LogP contribution in [0.4, 0.5) is 0 Å². The number of hydrogen-bond donors (Lipinski definition) is 0. The molecule has 0 unspecified atom stereocenters. The summed E-state index contributed by atoms with van der Waals surface area (Å²) in [5.41, 5.74) is 0.368. The molecule has 0 aromatic rings. The fourth-order valence-corrected chi connectivity index (χ4v) is 3.19. The zero-order valence-electron chi connectivity index (χ0n) is 12.4. The van der Waals surface area contributed by atoms with Crippen LogP contribution >= 0.6 is 0 Å². The summed E-state index contributed by atoms with van der Waals surface area (Å²) < 4.78 is 0. The first-order chi connectivity index (χ1) is 7.88. The molecule has 0 atom stereocenters. The molecule has 0 saturated carbocycles. The van der Waals surface area contributed by atoms with Gasteiger partial charge in [0.25, 0.3) is 0 Å². The molecule has 0 bridgehead atoms. The molecular formula is C15H30N2. The molecule has 2 heterocycles. The Morgan fingerprint density at radius 2 is 1.53 bits per heavy atom. The highest BCUT2D eigenvalue weighted by Gasteiger charge is 2.38. The molecular weight excluding hydrogens is 208 g/mol. The van der Waals surface area contributed by atoms with E-state index in [2.05, 4.69) is 44.4 Å². The van der Waals surface area contributed by atoms with E-state index >= 15 is 0 Å². The molecule has 0 aliphatic carbocycles. The quantitative estimate of drug-likeness (QED) is 0.730. The van der Waals surface area contributed by atoms with E-state index in [0.717, 1.165) is 17.9 Å². The molecule has 0 aromatic heterocycles. The predicted octanol–water partition coefficient (Wildman–Crippen LogP) is 2.84. The van der Waals surface area contributed by atoms with Gasteiger partial charge in [0.2, 0.25) is 0 Å². The number of nitrogens with zero attached hydrogens (tertiary/aromatic N) is 2. The molecule has 0 spiro atoms. The Balaban J connectivity index is 1.73. The SMILES string of the molecule is CC(C)C1CCN(C2CN(C(C)(C)C)C2)CC1. The maximum absolute atomic E-state index is 2.74. The fraction of sp³-hybridized carbons (Fsp3) is 1.00. The van der Waals surface area contributed by atoms with Crippen LogP contribution in [-0.4, -0.2) is 47.6 Å². The second-order valence-electron chi connectivity index (χ2n) is 7.35. The number of likely N-dealkylation sites (tertiary alicyclic amines) is 2. The van der Waals surface area contributed by atoms with Crippen molar-refractivity contribution in [1.29, 1.82) is 0 Å². The average Bonchev–Trinajstić information content (AvgIpc) is 2.13. The van der Waals surface area contributed by atoms with Crippen LogP contribution in [-0.2, 0) is 0 Å². The van der Waals surface area contributed by atoms with Gasteiger partial charge in [0, 0.05) is 24.7 Å². The molecule has 2 nitrogen and oxygen atoms in total. The topological polar surface area (TPSA) is 6.48 Å². The fourth-order valence-electron chi connectivity index (χ4n) is 3.19. The summed E-state index contributed by atoms with van der Waals surface area (Å²) >= 11 is 0. The smallest absolute Gasteiger partial charge is 0.0350 e. The molecule has 2 aliphatic heterocycles. The monoisotopic (exact) mass is 238 g/mol. The average molecular weight is 238 g/mol. The van der Waals surface area contributed by atoms with Gasteiger partial charge in [0.05, 0.1) is 0 Å². The summed E-state index contributed by atoms with van der Waals surface area (Å²) in [7, 11) is 0. The summed E-state index contributed by atoms with van der Waals surface area (Å²) in [5.74, 6) is 1.86. The van der Waals surface area contributed by atoms with Crippen LogP contribution in [0.2, 0.25) is 0 Å². The molecule has 0 amide bonds. The summed E-state index contributed by atoms with van der Waals surface area (Å²) in [6.45, 7) is 17.0. The molecule has 100 valence electrons. The molecule has 0 radical (unpaired) electrons. The van der Waals surface area contributed by atoms with Crippen molar-refractivity contribution in [3.8, 4) is 0 Å². The van der Waals surface area contributed by atoms with Crippen LogP contribution in [0.5, 0.6) is 0 Å². The third-order valence-electron chi connectivity index (χ3n) is 4.84. The Morgan fingerprint density at radius 3 is 1.94 bits per heavy atom. The van der Waals surface area contributed by atoms with Gasteiger partial charge in [-0.2, -0.15) is 0 Å². The lowest BCUT2D eigenvalue weighted by molar-refractivity contribution is -0.0352. The first-order valence-corrected chi connectivity index (χ1v) is 7.37. The van der Waals surface area contributed by atoms with Crippen LogP contribution in [0.3, 0.4) is 0 Å². The number of rotatable bonds is 2. The Morgan fingerprint density at radius 1 is 1.00 bits per heavy atom. The van der Waals surface area contributed by atoms with Crippen molar-refractivity contribution in [2.75, 3.05) is 26.2 Å². The highest BCUT2D eigenvalue weighted by Crippen LogP contribution is 2.29. The van der Waals surface area contributed by atoms with E-state index in [-0.39, 0.29) is 0 Å². The van der Waals surface area contributed by atoms with Gasteiger partial charge in [-0.05, 0) is 58.5 Å². The van der Waals surface area contributed by atoms with Crippen LogP contribution in [0.25, 0.3) is 0 Å². The molecule has 2 saturated heterocycles. The zero-order valence-corrected chi connectivity index (χ0v) is 12.4. The van der Waals surface area contributed by atoms with Crippen molar-refractivity contribution < 1.29 is 0 Å². The Hall–Kier alpha value is -0.0800. The maximum atomic E-state index is 2.74. The van der Waals surface area contributed by atoms with E-state index in [0.29, 0.717) is 5.54 Å². The number of hydrogen-bond acceptors (Lipinski definition) is 2. The highest BCUT2D eigenvalue weighted by atomic mass is 15.3. The summed E-state index contributed by atoms with van der Waals surface area (Å²) in [4.78, 5) is 5.34. The van der Waals surface area contributed by atoms with Gasteiger partial charge in [0.15, 0.2) is 0 Å². The van der Waals surface area contributed by atoms with Gasteiger partial charge in [-0.3, -0.25) is 9.80 Å². The minimum absolute atomic E-state index is 0.368. The lowest BCUT2D eigenvalue weighted by Gasteiger charge is -2.53. The Kier molecular flexibility index (Phi) is 3.84. The van der Waals surface area contributed by atoms with Crippen LogP contribution in [0, 0.1) is 11.8 Å². The first-order valence-electron chi connectivity index (χ1n) is 7.37. The zero-order chi connectivity index (χ0) is 12.6. The molecule has 0 N–H and O–H groups in total. The van der Waals surface area contributed by atoms with Crippen molar-refractivity contribution in [2.45, 2.75) is 59.0 Å². The first kappa shape index (κ1) is 13.4. The highest BCUT2D eigenvalue weighted by molar-refractivity contribution is 4.95. The van der Waals surface area contributed by atoms with Crippen molar-refractivity contribution in [3.63, 3.8) is 0 Å². The molecule has 2 heteroatoms. The van der Waals surface area contributed by atoms with E-state index in [1.165, 1.54) is 39.0 Å². The van der Waals surface area contributed by atoms with Gasteiger partial charge in [-0.15, -0.1) is 0 Å². The van der Waals surface area contributed by atoms with Crippen molar-refractivity contribution in [2.24, 2.45) is 11.8 Å². The van der Waals surface area contributed by atoms with Crippen LogP contribution in [0.15, 0.2) is 0 Å². The predicted molar refractivity (Wildman–Crippen MR) is 74.2 cm³/mol. The number of piperidine rings is 1. The van der Waals surface area contributed by atoms with Crippen LogP contribution < -0.4 is 0 Å². The van der Waals surface area contributed by atoms with Gasteiger partial charge in [-0.1, -0.05) is 13.8 Å². The van der Waals surface area contributed by atoms with Gasteiger partial charge in [-0.25, -0.2) is 0 Å². The third-order valence-corrected chi connectivity index (χ3v) is 4.84.